The fourth-order valence-corrected chi connectivity index (χ4v) is 4.80. The lowest BCUT2D eigenvalue weighted by molar-refractivity contribution is 0.306. The molecule has 0 fully saturated rings. The Labute approximate surface area is 170 Å². The van der Waals surface area contributed by atoms with E-state index in [4.69, 9.17) is 4.74 Å². The first-order chi connectivity index (χ1) is 14.0. The zero-order valence-electron chi connectivity index (χ0n) is 16.0. The van der Waals surface area contributed by atoms with Gasteiger partial charge in [-0.3, -0.25) is 0 Å². The van der Waals surface area contributed by atoms with Crippen molar-refractivity contribution in [3.63, 3.8) is 0 Å². The SMILES string of the molecule is Cc1ccc(S(=O)(=O)N2Cc3cc(C#N)c(COc4ccccc4)cc3C2)cc1. The number of nitrogens with zero attached hydrogens (tertiary/aromatic N) is 2. The smallest absolute Gasteiger partial charge is 0.243 e. The van der Waals surface area contributed by atoms with Crippen LogP contribution in [0.25, 0.3) is 0 Å². The molecule has 1 aliphatic heterocycles. The number of ether oxygens (including phenoxy) is 1. The molecular formula is C23H20N2O3S. The number of aryl methyl sites for hydroxylation is 1. The largest absolute Gasteiger partial charge is 0.489 e. The van der Waals surface area contributed by atoms with Crippen LogP contribution in [0.15, 0.2) is 71.6 Å². The van der Waals surface area contributed by atoms with Gasteiger partial charge in [0.15, 0.2) is 0 Å². The minimum absolute atomic E-state index is 0.255. The van der Waals surface area contributed by atoms with Gasteiger partial charge in [-0.2, -0.15) is 9.57 Å². The fraction of sp³-hybridized carbons (Fsp3) is 0.174. The van der Waals surface area contributed by atoms with E-state index < -0.39 is 10.0 Å². The molecule has 3 aromatic rings. The van der Waals surface area contributed by atoms with Gasteiger partial charge in [-0.15, -0.1) is 0 Å². The summed E-state index contributed by atoms with van der Waals surface area (Å²) in [5.74, 6) is 0.723. The third kappa shape index (κ3) is 3.88. The van der Waals surface area contributed by atoms with Crippen LogP contribution >= 0.6 is 0 Å². The van der Waals surface area contributed by atoms with Crippen molar-refractivity contribution >= 4 is 10.0 Å². The predicted molar refractivity (Wildman–Crippen MR) is 110 cm³/mol. The molecule has 0 amide bonds. The average Bonchev–Trinajstić information content (AvgIpc) is 3.16. The van der Waals surface area contributed by atoms with Gasteiger partial charge in [0, 0.05) is 18.7 Å². The second-order valence-electron chi connectivity index (χ2n) is 7.08. The first kappa shape index (κ1) is 19.2. The number of hydrogen-bond donors (Lipinski definition) is 0. The monoisotopic (exact) mass is 404 g/mol. The lowest BCUT2D eigenvalue weighted by Crippen LogP contribution is -2.25. The molecule has 0 spiro atoms. The number of para-hydroxylation sites is 1. The van der Waals surface area contributed by atoms with E-state index in [0.717, 1.165) is 28.0 Å². The van der Waals surface area contributed by atoms with Crippen molar-refractivity contribution in [1.29, 1.82) is 5.26 Å². The molecule has 5 nitrogen and oxygen atoms in total. The van der Waals surface area contributed by atoms with Gasteiger partial charge in [0.1, 0.15) is 12.4 Å². The van der Waals surface area contributed by atoms with Crippen molar-refractivity contribution in [3.8, 4) is 11.8 Å². The molecule has 0 atom stereocenters. The molecule has 29 heavy (non-hydrogen) atoms. The highest BCUT2D eigenvalue weighted by atomic mass is 32.2. The van der Waals surface area contributed by atoms with Crippen LogP contribution in [-0.2, 0) is 29.7 Å². The number of sulfonamides is 1. The first-order valence-corrected chi connectivity index (χ1v) is 10.7. The van der Waals surface area contributed by atoms with Gasteiger partial charge in [0.05, 0.1) is 16.5 Å². The Morgan fingerprint density at radius 3 is 2.31 bits per heavy atom. The van der Waals surface area contributed by atoms with Gasteiger partial charge in [-0.05, 0) is 54.4 Å². The molecule has 0 unspecified atom stereocenters. The molecule has 4 rings (SSSR count). The third-order valence-electron chi connectivity index (χ3n) is 5.04. The summed E-state index contributed by atoms with van der Waals surface area (Å²) >= 11 is 0. The predicted octanol–water partition coefficient (Wildman–Crippen LogP) is 4.15. The summed E-state index contributed by atoms with van der Waals surface area (Å²) in [6.07, 6.45) is 0. The van der Waals surface area contributed by atoms with Gasteiger partial charge in [-0.1, -0.05) is 35.9 Å². The quantitative estimate of drug-likeness (QED) is 0.640. The van der Waals surface area contributed by atoms with Crippen molar-refractivity contribution in [3.05, 3.63) is 94.5 Å². The molecule has 0 N–H and O–H groups in total. The minimum Gasteiger partial charge on any atom is -0.489 e. The lowest BCUT2D eigenvalue weighted by Gasteiger charge is -2.15. The van der Waals surface area contributed by atoms with Crippen molar-refractivity contribution in [2.45, 2.75) is 31.5 Å². The normalized spacial score (nSPS) is 13.7. The highest BCUT2D eigenvalue weighted by Crippen LogP contribution is 2.31. The second-order valence-corrected chi connectivity index (χ2v) is 9.02. The molecular weight excluding hydrogens is 384 g/mol. The molecule has 0 bridgehead atoms. The van der Waals surface area contributed by atoms with E-state index in [1.165, 1.54) is 4.31 Å². The van der Waals surface area contributed by atoms with E-state index in [0.29, 0.717) is 5.56 Å². The molecule has 0 saturated heterocycles. The zero-order chi connectivity index (χ0) is 20.4. The van der Waals surface area contributed by atoms with E-state index in [2.05, 4.69) is 6.07 Å². The Kier molecular flexibility index (Phi) is 5.10. The average molecular weight is 404 g/mol. The Morgan fingerprint density at radius 1 is 1.00 bits per heavy atom. The standard InChI is InChI=1S/C23H20N2O3S/c1-17-7-9-23(10-8-17)29(26,27)25-14-19-11-18(13-24)21(12-20(19)15-25)16-28-22-5-3-2-4-6-22/h2-12H,14-16H2,1H3. The van der Waals surface area contributed by atoms with Gasteiger partial charge < -0.3 is 4.74 Å². The van der Waals surface area contributed by atoms with Crippen molar-refractivity contribution in [2.24, 2.45) is 0 Å². The molecule has 0 aromatic heterocycles. The molecule has 1 aliphatic rings. The number of hydrogen-bond acceptors (Lipinski definition) is 4. The van der Waals surface area contributed by atoms with Gasteiger partial charge in [-0.25, -0.2) is 8.42 Å². The third-order valence-corrected chi connectivity index (χ3v) is 6.84. The molecule has 0 aliphatic carbocycles. The van der Waals surface area contributed by atoms with Gasteiger partial charge in [0.25, 0.3) is 0 Å². The minimum atomic E-state index is -3.59. The van der Waals surface area contributed by atoms with E-state index >= 15 is 0 Å². The first-order valence-electron chi connectivity index (χ1n) is 9.27. The summed E-state index contributed by atoms with van der Waals surface area (Å²) in [4.78, 5) is 0.282. The maximum absolute atomic E-state index is 13.0. The van der Waals surface area contributed by atoms with Gasteiger partial charge in [0.2, 0.25) is 10.0 Å². The molecule has 6 heteroatoms. The molecule has 146 valence electrons. The maximum atomic E-state index is 13.0. The molecule has 0 saturated carbocycles. The molecule has 0 radical (unpaired) electrons. The number of rotatable bonds is 5. The van der Waals surface area contributed by atoms with E-state index in [-0.39, 0.29) is 24.6 Å². The maximum Gasteiger partial charge on any atom is 0.243 e. The highest BCUT2D eigenvalue weighted by molar-refractivity contribution is 7.89. The van der Waals surface area contributed by atoms with Crippen LogP contribution in [0.4, 0.5) is 0 Å². The summed E-state index contributed by atoms with van der Waals surface area (Å²) in [5.41, 5.74) is 4.04. The molecule has 3 aromatic carbocycles. The van der Waals surface area contributed by atoms with Gasteiger partial charge >= 0.3 is 0 Å². The van der Waals surface area contributed by atoms with Crippen molar-refractivity contribution in [1.82, 2.24) is 4.31 Å². The van der Waals surface area contributed by atoms with E-state index in [1.54, 1.807) is 30.3 Å². The summed E-state index contributed by atoms with van der Waals surface area (Å²) < 4.78 is 33.2. The van der Waals surface area contributed by atoms with Crippen LogP contribution in [0.3, 0.4) is 0 Å². The van der Waals surface area contributed by atoms with E-state index in [1.807, 2.05) is 43.3 Å². The number of fused-ring (bicyclic) bond motifs is 1. The van der Waals surface area contributed by atoms with Crippen LogP contribution in [-0.4, -0.2) is 12.7 Å². The van der Waals surface area contributed by atoms with Crippen LogP contribution < -0.4 is 4.74 Å². The molecule has 1 heterocycles. The van der Waals surface area contributed by atoms with Crippen molar-refractivity contribution < 1.29 is 13.2 Å². The van der Waals surface area contributed by atoms with E-state index in [9.17, 15) is 13.7 Å². The summed E-state index contributed by atoms with van der Waals surface area (Å²) in [5, 5.41) is 9.54. The van der Waals surface area contributed by atoms with Crippen molar-refractivity contribution in [2.75, 3.05) is 0 Å². The van der Waals surface area contributed by atoms with Crippen LogP contribution in [0, 0.1) is 18.3 Å². The number of benzene rings is 3. The zero-order valence-corrected chi connectivity index (χ0v) is 16.8. The number of nitriles is 1. The Hall–Kier alpha value is -3.14. The Morgan fingerprint density at radius 2 is 1.66 bits per heavy atom. The summed E-state index contributed by atoms with van der Waals surface area (Å²) in [6, 6.07) is 22.1. The van der Waals surface area contributed by atoms with Crippen LogP contribution in [0.2, 0.25) is 0 Å². The van der Waals surface area contributed by atoms with Crippen LogP contribution in [0.5, 0.6) is 5.75 Å². The Bertz CT molecular complexity index is 1180. The highest BCUT2D eigenvalue weighted by Gasteiger charge is 2.31. The summed E-state index contributed by atoms with van der Waals surface area (Å²) in [7, 11) is -3.59. The Balaban J connectivity index is 1.58. The lowest BCUT2D eigenvalue weighted by atomic mass is 10.0. The topological polar surface area (TPSA) is 70.4 Å². The summed E-state index contributed by atoms with van der Waals surface area (Å²) in [6.45, 7) is 2.73. The second kappa shape index (κ2) is 7.70. The fourth-order valence-electron chi connectivity index (χ4n) is 3.40. The van der Waals surface area contributed by atoms with Crippen LogP contribution in [0.1, 0.15) is 27.8 Å².